The van der Waals surface area contributed by atoms with E-state index < -0.39 is 0 Å². The number of ether oxygens (including phenoxy) is 2. The zero-order valence-electron chi connectivity index (χ0n) is 22.8. The fraction of sp³-hybridized carbons (Fsp3) is 0.290. The molecule has 4 aromatic rings. The van der Waals surface area contributed by atoms with Crippen LogP contribution in [0.1, 0.15) is 55.0 Å². The Morgan fingerprint density at radius 1 is 1.07 bits per heavy atom. The number of nitrogens with one attached hydrogen (secondary N) is 1. The maximum absolute atomic E-state index is 13.7. The van der Waals surface area contributed by atoms with Gasteiger partial charge in [0, 0.05) is 26.1 Å². The zero-order valence-corrected chi connectivity index (χ0v) is 26.0. The zero-order chi connectivity index (χ0) is 28.9. The molecule has 0 saturated heterocycles. The van der Waals surface area contributed by atoms with Crippen LogP contribution in [0.2, 0.25) is 0 Å². The van der Waals surface area contributed by atoms with E-state index in [0.29, 0.717) is 39.5 Å². The Morgan fingerprint density at radius 3 is 2.56 bits per heavy atom. The number of benzene rings is 3. The van der Waals surface area contributed by atoms with Crippen molar-refractivity contribution in [3.8, 4) is 11.5 Å². The van der Waals surface area contributed by atoms with Crippen molar-refractivity contribution in [2.75, 3.05) is 19.0 Å². The molecule has 0 radical (unpaired) electrons. The third-order valence-electron chi connectivity index (χ3n) is 7.07. The van der Waals surface area contributed by atoms with E-state index in [1.165, 1.54) is 18.2 Å². The normalized spacial score (nSPS) is 14.0. The Morgan fingerprint density at radius 2 is 1.83 bits per heavy atom. The van der Waals surface area contributed by atoms with E-state index >= 15 is 0 Å². The second-order valence-electron chi connectivity index (χ2n) is 10.1. The van der Waals surface area contributed by atoms with Crippen molar-refractivity contribution in [3.63, 3.8) is 0 Å². The van der Waals surface area contributed by atoms with Crippen molar-refractivity contribution in [3.05, 3.63) is 90.8 Å². The van der Waals surface area contributed by atoms with E-state index in [2.05, 4.69) is 42.3 Å². The molecule has 0 aliphatic heterocycles. The fourth-order valence-corrected chi connectivity index (χ4v) is 5.80. The average molecular weight is 682 g/mol. The quantitative estimate of drug-likeness (QED) is 0.199. The molecule has 0 unspecified atom stereocenters. The number of hydrogen-bond acceptors (Lipinski definition) is 6. The number of nitrogens with zero attached hydrogens (tertiary/aromatic N) is 3. The molecule has 5 rings (SSSR count). The van der Waals surface area contributed by atoms with E-state index in [-0.39, 0.29) is 24.0 Å². The molecule has 1 aromatic heterocycles. The van der Waals surface area contributed by atoms with Crippen LogP contribution in [0.15, 0.2) is 73.4 Å². The van der Waals surface area contributed by atoms with E-state index in [1.54, 1.807) is 24.4 Å². The van der Waals surface area contributed by atoms with Crippen LogP contribution in [-0.2, 0) is 4.79 Å². The number of carbonyl (C=O) groups is 1. The highest BCUT2D eigenvalue weighted by Crippen LogP contribution is 2.35. The summed E-state index contributed by atoms with van der Waals surface area (Å²) in [5, 5.41) is 7.97. The van der Waals surface area contributed by atoms with Gasteiger partial charge in [-0.15, -0.1) is 0 Å². The topological polar surface area (TPSA) is 94.8 Å². The molecule has 10 heteroatoms. The minimum Gasteiger partial charge on any atom is -0.493 e. The van der Waals surface area contributed by atoms with Crippen molar-refractivity contribution < 1.29 is 14.3 Å². The summed E-state index contributed by atoms with van der Waals surface area (Å²) in [6, 6.07) is 16.6. The average Bonchev–Trinajstić information content (AvgIpc) is 2.97. The lowest BCUT2D eigenvalue weighted by Gasteiger charge is -2.23. The van der Waals surface area contributed by atoms with Gasteiger partial charge in [0.05, 0.1) is 24.2 Å². The molecule has 1 amide bonds. The molecular formula is C31H30Br2N4O4. The molecule has 3 aromatic carbocycles. The minimum absolute atomic E-state index is 0.139. The molecule has 1 aliphatic carbocycles. The van der Waals surface area contributed by atoms with Gasteiger partial charge in [-0.3, -0.25) is 9.59 Å². The predicted molar refractivity (Wildman–Crippen MR) is 169 cm³/mol. The Kier molecular flexibility index (Phi) is 9.19. The molecule has 1 heterocycles. The summed E-state index contributed by atoms with van der Waals surface area (Å²) in [6.45, 7) is 1.74. The number of aryl methyl sites for hydroxylation is 1. The lowest BCUT2D eigenvalue weighted by atomic mass is 9.88. The molecular weight excluding hydrogens is 652 g/mol. The van der Waals surface area contributed by atoms with Crippen LogP contribution < -0.4 is 20.3 Å². The van der Waals surface area contributed by atoms with E-state index in [9.17, 15) is 9.59 Å². The monoisotopic (exact) mass is 680 g/mol. The van der Waals surface area contributed by atoms with Gasteiger partial charge < -0.3 is 14.8 Å². The highest BCUT2D eigenvalue weighted by atomic mass is 79.9. The number of halogens is 2. The smallest absolute Gasteiger partial charge is 0.282 e. The third-order valence-corrected chi connectivity index (χ3v) is 8.02. The maximum Gasteiger partial charge on any atom is 0.282 e. The van der Waals surface area contributed by atoms with E-state index in [0.717, 1.165) is 40.2 Å². The van der Waals surface area contributed by atoms with Crippen LogP contribution in [0.3, 0.4) is 0 Å². The lowest BCUT2D eigenvalue weighted by molar-refractivity contribution is -0.118. The lowest BCUT2D eigenvalue weighted by Crippen LogP contribution is -2.25. The number of hydrogen-bond donors (Lipinski definition) is 1. The van der Waals surface area contributed by atoms with Gasteiger partial charge in [-0.2, -0.15) is 9.78 Å². The first-order chi connectivity index (χ1) is 19.8. The van der Waals surface area contributed by atoms with Crippen LogP contribution in [0.25, 0.3) is 10.9 Å². The number of carbonyl (C=O) groups excluding carboxylic acids is 1. The summed E-state index contributed by atoms with van der Waals surface area (Å²) in [4.78, 5) is 31.3. The largest absolute Gasteiger partial charge is 0.493 e. The van der Waals surface area contributed by atoms with Gasteiger partial charge in [0.2, 0.25) is 0 Å². The Bertz CT molecular complexity index is 1660. The van der Waals surface area contributed by atoms with Gasteiger partial charge >= 0.3 is 0 Å². The van der Waals surface area contributed by atoms with Crippen LogP contribution in [0.4, 0.5) is 5.69 Å². The summed E-state index contributed by atoms with van der Waals surface area (Å²) >= 11 is 6.98. The molecule has 212 valence electrons. The van der Waals surface area contributed by atoms with Crippen molar-refractivity contribution in [2.24, 2.45) is 5.10 Å². The summed E-state index contributed by atoms with van der Waals surface area (Å²) in [7, 11) is 1.53. The number of amides is 1. The fourth-order valence-electron chi connectivity index (χ4n) is 4.98. The SMILES string of the molecule is COc1cc(Br)cc(C=Nn2c(C3CCCCC3)nc3ccc(Br)cc3c2=O)c1OCC(=O)Nc1ccc(C)cc1. The molecule has 1 N–H and O–H groups in total. The molecule has 0 spiro atoms. The predicted octanol–water partition coefficient (Wildman–Crippen LogP) is 7.19. The summed E-state index contributed by atoms with van der Waals surface area (Å²) in [5.74, 6) is 1.23. The Hall–Kier alpha value is -3.50. The van der Waals surface area contributed by atoms with E-state index in [1.807, 2.05) is 43.3 Å². The second kappa shape index (κ2) is 13.0. The second-order valence-corrected chi connectivity index (χ2v) is 11.9. The number of methoxy groups -OCH3 is 1. The number of anilines is 1. The number of aromatic nitrogens is 2. The minimum atomic E-state index is -0.318. The Balaban J connectivity index is 1.50. The van der Waals surface area contributed by atoms with Gasteiger partial charge in [-0.25, -0.2) is 4.98 Å². The molecule has 41 heavy (non-hydrogen) atoms. The highest BCUT2D eigenvalue weighted by Gasteiger charge is 2.23. The molecule has 8 nitrogen and oxygen atoms in total. The maximum atomic E-state index is 13.7. The first-order valence-electron chi connectivity index (χ1n) is 13.5. The summed E-state index contributed by atoms with van der Waals surface area (Å²) in [6.07, 6.45) is 6.83. The molecule has 1 fully saturated rings. The van der Waals surface area contributed by atoms with Crippen molar-refractivity contribution in [1.82, 2.24) is 9.66 Å². The van der Waals surface area contributed by atoms with E-state index in [4.69, 9.17) is 14.5 Å². The van der Waals surface area contributed by atoms with Crippen LogP contribution >= 0.6 is 31.9 Å². The van der Waals surface area contributed by atoms with Gasteiger partial charge in [0.1, 0.15) is 5.82 Å². The summed E-state index contributed by atoms with van der Waals surface area (Å²) < 4.78 is 14.5. The Labute approximate surface area is 255 Å². The van der Waals surface area contributed by atoms with Gasteiger partial charge in [0.15, 0.2) is 18.1 Å². The van der Waals surface area contributed by atoms with Gasteiger partial charge in [0.25, 0.3) is 11.5 Å². The van der Waals surface area contributed by atoms with Crippen molar-refractivity contribution in [2.45, 2.75) is 44.9 Å². The highest BCUT2D eigenvalue weighted by molar-refractivity contribution is 9.10. The van der Waals surface area contributed by atoms with Gasteiger partial charge in [-0.1, -0.05) is 68.8 Å². The van der Waals surface area contributed by atoms with Crippen molar-refractivity contribution in [1.29, 1.82) is 0 Å². The third kappa shape index (κ3) is 6.87. The molecule has 1 saturated carbocycles. The van der Waals surface area contributed by atoms with Crippen molar-refractivity contribution >= 4 is 60.6 Å². The van der Waals surface area contributed by atoms with Crippen LogP contribution in [-0.4, -0.2) is 35.5 Å². The standard InChI is InChI=1S/C31H30Br2N4O4/c1-19-8-11-24(12-9-19)35-28(38)18-41-29-21(14-23(33)16-27(29)40-2)17-34-37-30(20-6-4-3-5-7-20)36-26-13-10-22(32)15-25(26)31(37)39/h8-17,20H,3-7,18H2,1-2H3,(H,35,38). The number of fused-ring (bicyclic) bond motifs is 1. The van der Waals surface area contributed by atoms with Crippen LogP contribution in [0.5, 0.6) is 11.5 Å². The summed E-state index contributed by atoms with van der Waals surface area (Å²) in [5.41, 5.74) is 2.73. The first-order valence-corrected chi connectivity index (χ1v) is 15.0. The van der Waals surface area contributed by atoms with Gasteiger partial charge in [-0.05, 0) is 62.2 Å². The van der Waals surface area contributed by atoms with Crippen LogP contribution in [0, 0.1) is 6.92 Å². The first kappa shape index (κ1) is 29.0. The molecule has 1 aliphatic rings. The molecule has 0 atom stereocenters. The number of rotatable bonds is 8. The molecule has 0 bridgehead atoms.